The lowest BCUT2D eigenvalue weighted by Gasteiger charge is -2.08. The molecule has 0 aliphatic heterocycles. The van der Waals surface area contributed by atoms with Crippen LogP contribution in [0.2, 0.25) is 0 Å². The molecule has 0 aliphatic carbocycles. The number of hydrogen-bond acceptors (Lipinski definition) is 4. The van der Waals surface area contributed by atoms with Crippen LogP contribution in [0.15, 0.2) is 104 Å². The number of hydrogen-bond donors (Lipinski definition) is 0. The summed E-state index contributed by atoms with van der Waals surface area (Å²) in [5, 5.41) is 0.978. The number of aromatic nitrogens is 4. The number of imidazole rings is 1. The molecule has 158 valence electrons. The quantitative estimate of drug-likeness (QED) is 0.322. The first-order valence-corrected chi connectivity index (χ1v) is 9.18. The molecular formula is C24H22Cl2N4O. The van der Waals surface area contributed by atoms with Crippen LogP contribution < -0.4 is 4.74 Å². The van der Waals surface area contributed by atoms with Crippen molar-refractivity contribution in [1.29, 1.82) is 0 Å². The molecule has 31 heavy (non-hydrogen) atoms. The Morgan fingerprint density at radius 1 is 1.10 bits per heavy atom. The summed E-state index contributed by atoms with van der Waals surface area (Å²) >= 11 is 0. The second-order valence-corrected chi connectivity index (χ2v) is 6.47. The fraction of sp³-hybridized carbons (Fsp3) is 0.0417. The van der Waals surface area contributed by atoms with Gasteiger partial charge in [0.1, 0.15) is 12.4 Å². The maximum atomic E-state index is 5.74. The molecule has 0 saturated heterocycles. The van der Waals surface area contributed by atoms with E-state index < -0.39 is 0 Å². The van der Waals surface area contributed by atoms with Crippen LogP contribution in [0, 0.1) is 0 Å². The lowest BCUT2D eigenvalue weighted by atomic mass is 10.1. The SMILES string of the molecule is C=C/C=C\C(=C)COc1ccc(-c2ncc3cc(-n4ccnc4)ccc3n2)cc1.Cl.Cl. The number of nitrogens with zero attached hydrogens (tertiary/aromatic N) is 4. The van der Waals surface area contributed by atoms with Crippen LogP contribution in [0.5, 0.6) is 5.75 Å². The minimum Gasteiger partial charge on any atom is -0.489 e. The molecule has 0 radical (unpaired) electrons. The monoisotopic (exact) mass is 452 g/mol. The zero-order valence-corrected chi connectivity index (χ0v) is 18.4. The molecule has 2 aromatic heterocycles. The Morgan fingerprint density at radius 2 is 1.90 bits per heavy atom. The second-order valence-electron chi connectivity index (χ2n) is 6.47. The molecule has 4 aromatic rings. The molecule has 0 saturated carbocycles. The van der Waals surface area contributed by atoms with Crippen LogP contribution in [0.1, 0.15) is 0 Å². The van der Waals surface area contributed by atoms with Gasteiger partial charge in [-0.15, -0.1) is 24.8 Å². The molecule has 0 unspecified atom stereocenters. The fourth-order valence-corrected chi connectivity index (χ4v) is 2.86. The van der Waals surface area contributed by atoms with Gasteiger partial charge < -0.3 is 9.30 Å². The molecule has 0 N–H and O–H groups in total. The van der Waals surface area contributed by atoms with Gasteiger partial charge in [0, 0.05) is 35.2 Å². The molecule has 4 rings (SSSR count). The third kappa shape index (κ3) is 5.81. The average Bonchev–Trinajstić information content (AvgIpc) is 3.31. The van der Waals surface area contributed by atoms with Gasteiger partial charge in [-0.05, 0) is 48.0 Å². The summed E-state index contributed by atoms with van der Waals surface area (Å²) in [6.07, 6.45) is 12.7. The lowest BCUT2D eigenvalue weighted by molar-refractivity contribution is 0.356. The van der Waals surface area contributed by atoms with Crippen LogP contribution in [0.25, 0.3) is 28.0 Å². The van der Waals surface area contributed by atoms with Gasteiger partial charge in [0.15, 0.2) is 5.82 Å². The van der Waals surface area contributed by atoms with Gasteiger partial charge in [-0.2, -0.15) is 0 Å². The van der Waals surface area contributed by atoms with Crippen LogP contribution in [-0.4, -0.2) is 26.1 Å². The molecule has 5 nitrogen and oxygen atoms in total. The smallest absolute Gasteiger partial charge is 0.159 e. The number of fused-ring (bicyclic) bond motifs is 1. The van der Waals surface area contributed by atoms with E-state index in [1.165, 1.54) is 0 Å². The lowest BCUT2D eigenvalue weighted by Crippen LogP contribution is -1.98. The first-order chi connectivity index (χ1) is 14.2. The summed E-state index contributed by atoms with van der Waals surface area (Å²) in [6, 6.07) is 13.8. The Labute approximate surface area is 193 Å². The normalized spacial score (nSPS) is 10.3. The van der Waals surface area contributed by atoms with Gasteiger partial charge in [-0.1, -0.05) is 31.4 Å². The summed E-state index contributed by atoms with van der Waals surface area (Å²) in [7, 11) is 0. The summed E-state index contributed by atoms with van der Waals surface area (Å²) in [5.74, 6) is 1.45. The van der Waals surface area contributed by atoms with E-state index in [4.69, 9.17) is 9.72 Å². The minimum atomic E-state index is 0. The van der Waals surface area contributed by atoms with Crippen LogP contribution in [0.3, 0.4) is 0 Å². The molecular weight excluding hydrogens is 431 g/mol. The predicted molar refractivity (Wildman–Crippen MR) is 131 cm³/mol. The Kier molecular flexibility index (Phi) is 8.55. The predicted octanol–water partition coefficient (Wildman–Crippen LogP) is 6.00. The number of rotatable bonds is 7. The van der Waals surface area contributed by atoms with Crippen molar-refractivity contribution in [2.45, 2.75) is 0 Å². The van der Waals surface area contributed by atoms with Gasteiger partial charge in [-0.3, -0.25) is 0 Å². The molecule has 0 aliphatic rings. The first kappa shape index (κ1) is 23.9. The Balaban J connectivity index is 0.00000171. The number of ether oxygens (including phenoxy) is 1. The standard InChI is InChI=1S/C24H20N4O.2ClH/c1-3-4-5-18(2)16-29-22-9-6-19(7-10-22)24-26-15-20-14-21(8-11-23(20)27-24)28-13-12-25-17-28;;/h3-15,17H,1-2,16H2;2*1H/b5-4-;;. The van der Waals surface area contributed by atoms with Gasteiger partial charge in [0.05, 0.1) is 11.8 Å². The van der Waals surface area contributed by atoms with Gasteiger partial charge >= 0.3 is 0 Å². The number of halogens is 2. The molecule has 7 heteroatoms. The van der Waals surface area contributed by atoms with E-state index in [9.17, 15) is 0 Å². The van der Waals surface area contributed by atoms with Crippen molar-refractivity contribution in [1.82, 2.24) is 19.5 Å². The van der Waals surface area contributed by atoms with Gasteiger partial charge in [0.2, 0.25) is 0 Å². The summed E-state index contributed by atoms with van der Waals surface area (Å²) < 4.78 is 7.69. The summed E-state index contributed by atoms with van der Waals surface area (Å²) in [5.41, 5.74) is 3.73. The van der Waals surface area contributed by atoms with E-state index >= 15 is 0 Å². The van der Waals surface area contributed by atoms with E-state index in [0.717, 1.165) is 33.5 Å². The minimum absolute atomic E-state index is 0. The highest BCUT2D eigenvalue weighted by molar-refractivity contribution is 5.85. The Morgan fingerprint density at radius 3 is 2.61 bits per heavy atom. The number of allylic oxidation sites excluding steroid dienone is 2. The Hall–Kier alpha value is -3.41. The first-order valence-electron chi connectivity index (χ1n) is 9.18. The fourth-order valence-electron chi connectivity index (χ4n) is 2.86. The highest BCUT2D eigenvalue weighted by Crippen LogP contribution is 2.23. The maximum absolute atomic E-state index is 5.74. The molecule has 2 heterocycles. The van der Waals surface area contributed by atoms with Crippen molar-refractivity contribution in [2.75, 3.05) is 6.61 Å². The van der Waals surface area contributed by atoms with Crippen molar-refractivity contribution in [2.24, 2.45) is 0 Å². The molecule has 0 atom stereocenters. The van der Waals surface area contributed by atoms with Crippen molar-refractivity contribution >= 4 is 35.7 Å². The zero-order chi connectivity index (χ0) is 20.1. The van der Waals surface area contributed by atoms with Crippen molar-refractivity contribution in [3.8, 4) is 22.8 Å². The zero-order valence-electron chi connectivity index (χ0n) is 16.7. The molecule has 0 spiro atoms. The molecule has 2 aromatic carbocycles. The largest absolute Gasteiger partial charge is 0.489 e. The van der Waals surface area contributed by atoms with E-state index in [-0.39, 0.29) is 24.8 Å². The van der Waals surface area contributed by atoms with E-state index in [1.54, 1.807) is 18.6 Å². The van der Waals surface area contributed by atoms with E-state index in [0.29, 0.717) is 12.4 Å². The number of benzene rings is 2. The second kappa shape index (κ2) is 11.1. The summed E-state index contributed by atoms with van der Waals surface area (Å²) in [4.78, 5) is 13.3. The van der Waals surface area contributed by atoms with E-state index in [2.05, 4.69) is 23.1 Å². The highest BCUT2D eigenvalue weighted by Gasteiger charge is 2.06. The topological polar surface area (TPSA) is 52.8 Å². The average molecular weight is 453 g/mol. The third-order valence-electron chi connectivity index (χ3n) is 4.37. The van der Waals surface area contributed by atoms with Crippen LogP contribution in [0.4, 0.5) is 0 Å². The van der Waals surface area contributed by atoms with Crippen molar-refractivity contribution < 1.29 is 4.74 Å². The summed E-state index contributed by atoms with van der Waals surface area (Å²) in [6.45, 7) is 8.01. The molecule has 0 bridgehead atoms. The Bertz CT molecular complexity index is 1190. The molecule has 0 amide bonds. The highest BCUT2D eigenvalue weighted by atomic mass is 35.5. The maximum Gasteiger partial charge on any atom is 0.159 e. The van der Waals surface area contributed by atoms with Crippen molar-refractivity contribution in [3.63, 3.8) is 0 Å². The van der Waals surface area contributed by atoms with Crippen LogP contribution in [-0.2, 0) is 0 Å². The molecule has 0 fully saturated rings. The van der Waals surface area contributed by atoms with Gasteiger partial charge in [0.25, 0.3) is 0 Å². The van der Waals surface area contributed by atoms with Gasteiger partial charge in [-0.25, -0.2) is 15.0 Å². The van der Waals surface area contributed by atoms with Crippen LogP contribution >= 0.6 is 24.8 Å². The van der Waals surface area contributed by atoms with Crippen molar-refractivity contribution in [3.05, 3.63) is 104 Å². The van der Waals surface area contributed by atoms with E-state index in [1.807, 2.05) is 71.6 Å². The third-order valence-corrected chi connectivity index (χ3v) is 4.37.